The van der Waals surface area contributed by atoms with Crippen LogP contribution in [0.25, 0.3) is 0 Å². The molecule has 2 amide bonds. The predicted octanol–water partition coefficient (Wildman–Crippen LogP) is 2.30. The molecule has 2 aromatic carbocycles. The summed E-state index contributed by atoms with van der Waals surface area (Å²) in [4.78, 5) is 23.9. The first-order valence-electron chi connectivity index (χ1n) is 7.82. The van der Waals surface area contributed by atoms with E-state index in [0.29, 0.717) is 29.2 Å². The van der Waals surface area contributed by atoms with Gasteiger partial charge in [0.15, 0.2) is 0 Å². The van der Waals surface area contributed by atoms with Gasteiger partial charge in [-0.15, -0.1) is 0 Å². The summed E-state index contributed by atoms with van der Waals surface area (Å²) in [5, 5.41) is 5.42. The maximum Gasteiger partial charge on any atom is 0.251 e. The van der Waals surface area contributed by atoms with E-state index in [9.17, 15) is 9.59 Å². The van der Waals surface area contributed by atoms with E-state index in [1.54, 1.807) is 57.7 Å². The predicted molar refractivity (Wildman–Crippen MR) is 95.3 cm³/mol. The van der Waals surface area contributed by atoms with E-state index in [1.807, 2.05) is 6.92 Å². The van der Waals surface area contributed by atoms with Gasteiger partial charge in [0.05, 0.1) is 14.2 Å². The Hall–Kier alpha value is -3.02. The lowest BCUT2D eigenvalue weighted by atomic mass is 10.1. The fraction of sp³-hybridized carbons (Fsp3) is 0.263. The first-order chi connectivity index (χ1) is 12.0. The van der Waals surface area contributed by atoms with E-state index in [-0.39, 0.29) is 11.8 Å². The Labute approximate surface area is 147 Å². The number of carbonyl (C=O) groups excluding carboxylic acids is 2. The molecule has 0 unspecified atom stereocenters. The van der Waals surface area contributed by atoms with Crippen molar-refractivity contribution >= 4 is 11.8 Å². The van der Waals surface area contributed by atoms with Crippen molar-refractivity contribution in [1.29, 1.82) is 0 Å². The molecule has 0 spiro atoms. The lowest BCUT2D eigenvalue weighted by molar-refractivity contribution is 0.0945. The molecule has 0 aliphatic rings. The molecule has 0 saturated heterocycles. The average Bonchev–Trinajstić information content (AvgIpc) is 2.66. The molecule has 2 N–H and O–H groups in total. The summed E-state index contributed by atoms with van der Waals surface area (Å²) in [6.07, 6.45) is 0. The van der Waals surface area contributed by atoms with Crippen LogP contribution < -0.4 is 20.1 Å². The van der Waals surface area contributed by atoms with Crippen LogP contribution in [0.3, 0.4) is 0 Å². The number of nitrogens with one attached hydrogen (secondary N) is 2. The minimum atomic E-state index is -0.230. The van der Waals surface area contributed by atoms with Crippen molar-refractivity contribution in [3.05, 3.63) is 58.7 Å². The van der Waals surface area contributed by atoms with Crippen LogP contribution in [-0.2, 0) is 6.54 Å². The number of hydrogen-bond donors (Lipinski definition) is 2. The Morgan fingerprint density at radius 3 is 1.96 bits per heavy atom. The summed E-state index contributed by atoms with van der Waals surface area (Å²) in [7, 11) is 4.69. The molecule has 2 rings (SSSR count). The van der Waals surface area contributed by atoms with Gasteiger partial charge in [-0.3, -0.25) is 9.59 Å². The maximum absolute atomic E-state index is 12.4. The van der Waals surface area contributed by atoms with Gasteiger partial charge in [-0.05, 0) is 36.8 Å². The van der Waals surface area contributed by atoms with Crippen molar-refractivity contribution in [2.75, 3.05) is 21.3 Å². The lowest BCUT2D eigenvalue weighted by Gasteiger charge is -2.13. The number of rotatable bonds is 6. The van der Waals surface area contributed by atoms with Gasteiger partial charge in [-0.2, -0.15) is 0 Å². The number of benzene rings is 2. The Bertz CT molecular complexity index is 744. The highest BCUT2D eigenvalue weighted by molar-refractivity contribution is 5.95. The summed E-state index contributed by atoms with van der Waals surface area (Å²) >= 11 is 0. The second-order valence-electron chi connectivity index (χ2n) is 5.46. The SMILES string of the molecule is CNC(=O)c1ccc(CNC(=O)c2cc(OC)c(C)c(OC)c2)cc1. The highest BCUT2D eigenvalue weighted by atomic mass is 16.5. The monoisotopic (exact) mass is 342 g/mol. The van der Waals surface area contributed by atoms with E-state index in [0.717, 1.165) is 11.1 Å². The number of methoxy groups -OCH3 is 2. The van der Waals surface area contributed by atoms with Crippen LogP contribution >= 0.6 is 0 Å². The zero-order valence-electron chi connectivity index (χ0n) is 14.8. The second-order valence-corrected chi connectivity index (χ2v) is 5.46. The Morgan fingerprint density at radius 1 is 0.920 bits per heavy atom. The molecule has 0 aromatic heterocycles. The molecule has 6 nitrogen and oxygen atoms in total. The van der Waals surface area contributed by atoms with Crippen molar-refractivity contribution < 1.29 is 19.1 Å². The normalized spacial score (nSPS) is 10.1. The largest absolute Gasteiger partial charge is 0.496 e. The number of hydrogen-bond acceptors (Lipinski definition) is 4. The molecule has 0 bridgehead atoms. The van der Waals surface area contributed by atoms with E-state index < -0.39 is 0 Å². The molecule has 0 saturated carbocycles. The topological polar surface area (TPSA) is 76.7 Å². The van der Waals surface area contributed by atoms with E-state index in [1.165, 1.54) is 0 Å². The first kappa shape index (κ1) is 18.3. The fourth-order valence-corrected chi connectivity index (χ4v) is 2.42. The molecule has 25 heavy (non-hydrogen) atoms. The van der Waals surface area contributed by atoms with Crippen LogP contribution in [0, 0.1) is 6.92 Å². The van der Waals surface area contributed by atoms with Gasteiger partial charge in [0, 0.05) is 30.3 Å². The quantitative estimate of drug-likeness (QED) is 0.844. The molecule has 6 heteroatoms. The second kappa shape index (κ2) is 8.19. The standard InChI is InChI=1S/C19H22N2O4/c1-12-16(24-3)9-15(10-17(12)25-4)19(23)21-11-13-5-7-14(8-6-13)18(22)20-2/h5-10H,11H2,1-4H3,(H,20,22)(H,21,23). The van der Waals surface area contributed by atoms with Crippen molar-refractivity contribution in [3.63, 3.8) is 0 Å². The van der Waals surface area contributed by atoms with Crippen molar-refractivity contribution in [2.24, 2.45) is 0 Å². The molecule has 0 fully saturated rings. The number of ether oxygens (including phenoxy) is 2. The Morgan fingerprint density at radius 2 is 1.48 bits per heavy atom. The fourth-order valence-electron chi connectivity index (χ4n) is 2.42. The van der Waals surface area contributed by atoms with Crippen LogP contribution in [0.2, 0.25) is 0 Å². The van der Waals surface area contributed by atoms with Crippen molar-refractivity contribution in [3.8, 4) is 11.5 Å². The van der Waals surface area contributed by atoms with E-state index in [2.05, 4.69) is 10.6 Å². The highest BCUT2D eigenvalue weighted by Crippen LogP contribution is 2.29. The van der Waals surface area contributed by atoms with E-state index in [4.69, 9.17) is 9.47 Å². The summed E-state index contributed by atoms with van der Waals surface area (Å²) in [6.45, 7) is 2.22. The zero-order valence-corrected chi connectivity index (χ0v) is 14.8. The minimum absolute atomic E-state index is 0.144. The molecule has 2 aromatic rings. The van der Waals surface area contributed by atoms with Crippen LogP contribution in [0.5, 0.6) is 11.5 Å². The average molecular weight is 342 g/mol. The third-order valence-corrected chi connectivity index (χ3v) is 3.91. The van der Waals surface area contributed by atoms with Crippen molar-refractivity contribution in [1.82, 2.24) is 10.6 Å². The highest BCUT2D eigenvalue weighted by Gasteiger charge is 2.13. The Balaban J connectivity index is 2.08. The zero-order chi connectivity index (χ0) is 18.4. The van der Waals surface area contributed by atoms with E-state index >= 15 is 0 Å². The van der Waals surface area contributed by atoms with Gasteiger partial charge in [0.25, 0.3) is 11.8 Å². The molecule has 0 aliphatic carbocycles. The summed E-state index contributed by atoms with van der Waals surface area (Å²) in [5.41, 5.74) is 2.77. The molecule has 0 radical (unpaired) electrons. The van der Waals surface area contributed by atoms with Crippen LogP contribution in [-0.4, -0.2) is 33.1 Å². The summed E-state index contributed by atoms with van der Waals surface area (Å²) < 4.78 is 10.6. The smallest absolute Gasteiger partial charge is 0.251 e. The molecule has 0 heterocycles. The summed E-state index contributed by atoms with van der Waals surface area (Å²) in [6, 6.07) is 10.4. The van der Waals surface area contributed by atoms with Gasteiger partial charge in [-0.25, -0.2) is 0 Å². The third kappa shape index (κ3) is 4.29. The van der Waals surface area contributed by atoms with Gasteiger partial charge in [0.2, 0.25) is 0 Å². The van der Waals surface area contributed by atoms with Gasteiger partial charge >= 0.3 is 0 Å². The van der Waals surface area contributed by atoms with Crippen LogP contribution in [0.15, 0.2) is 36.4 Å². The molecule has 0 atom stereocenters. The minimum Gasteiger partial charge on any atom is -0.496 e. The molecular formula is C19H22N2O4. The van der Waals surface area contributed by atoms with Crippen LogP contribution in [0.4, 0.5) is 0 Å². The maximum atomic E-state index is 12.4. The molecule has 0 aliphatic heterocycles. The Kier molecular flexibility index (Phi) is 6.00. The lowest BCUT2D eigenvalue weighted by Crippen LogP contribution is -2.23. The van der Waals surface area contributed by atoms with Gasteiger partial charge < -0.3 is 20.1 Å². The van der Waals surface area contributed by atoms with Gasteiger partial charge in [-0.1, -0.05) is 12.1 Å². The molecular weight excluding hydrogens is 320 g/mol. The van der Waals surface area contributed by atoms with Crippen molar-refractivity contribution in [2.45, 2.75) is 13.5 Å². The third-order valence-electron chi connectivity index (χ3n) is 3.91. The number of amides is 2. The van der Waals surface area contributed by atoms with Crippen LogP contribution in [0.1, 0.15) is 31.8 Å². The first-order valence-corrected chi connectivity index (χ1v) is 7.82. The van der Waals surface area contributed by atoms with Gasteiger partial charge in [0.1, 0.15) is 11.5 Å². The molecule has 132 valence electrons. The number of carbonyl (C=O) groups is 2. The summed E-state index contributed by atoms with van der Waals surface area (Å²) in [5.74, 6) is 0.820.